The minimum atomic E-state index is -0.917. The van der Waals surface area contributed by atoms with E-state index in [1.807, 2.05) is 20.8 Å². The predicted octanol–water partition coefficient (Wildman–Crippen LogP) is 1.37. The minimum absolute atomic E-state index is 0.0672. The highest BCUT2D eigenvalue weighted by Crippen LogP contribution is 2.17. The molecule has 0 aliphatic heterocycles. The van der Waals surface area contributed by atoms with Crippen molar-refractivity contribution in [3.63, 3.8) is 0 Å². The number of nitrogens with two attached hydrogens (primary N) is 1. The Balaban J connectivity index is 2.74. The summed E-state index contributed by atoms with van der Waals surface area (Å²) in [6.45, 7) is 5.82. The van der Waals surface area contributed by atoms with Gasteiger partial charge >= 0.3 is 5.97 Å². The van der Waals surface area contributed by atoms with E-state index in [1.54, 1.807) is 10.3 Å². The van der Waals surface area contributed by atoms with E-state index in [9.17, 15) is 9.59 Å². The number of aliphatic carboxylic acids is 1. The summed E-state index contributed by atoms with van der Waals surface area (Å²) in [5, 5.41) is 10.9. The summed E-state index contributed by atoms with van der Waals surface area (Å²) >= 11 is 1.29. The second-order valence-corrected chi connectivity index (χ2v) is 6.10. The van der Waals surface area contributed by atoms with Crippen molar-refractivity contribution in [1.82, 2.24) is 9.88 Å². The van der Waals surface area contributed by atoms with Gasteiger partial charge in [0.2, 0.25) is 5.91 Å². The van der Waals surface area contributed by atoms with Crippen molar-refractivity contribution in [1.29, 1.82) is 0 Å². The molecule has 0 aromatic carbocycles. The van der Waals surface area contributed by atoms with Crippen LogP contribution in [0, 0.1) is 0 Å². The predicted molar refractivity (Wildman–Crippen MR) is 73.9 cm³/mol. The second-order valence-electron chi connectivity index (χ2n) is 5.21. The van der Waals surface area contributed by atoms with Crippen LogP contribution in [0.4, 0.5) is 5.13 Å². The van der Waals surface area contributed by atoms with E-state index in [1.165, 1.54) is 11.3 Å². The Morgan fingerprint density at radius 3 is 2.53 bits per heavy atom. The molecule has 0 spiro atoms. The Morgan fingerprint density at radius 1 is 1.47 bits per heavy atom. The Morgan fingerprint density at radius 2 is 2.11 bits per heavy atom. The van der Waals surface area contributed by atoms with E-state index >= 15 is 0 Å². The number of carboxylic acids is 1. The molecule has 1 aromatic rings. The van der Waals surface area contributed by atoms with Crippen molar-refractivity contribution < 1.29 is 14.7 Å². The zero-order chi connectivity index (χ0) is 14.6. The maximum absolute atomic E-state index is 12.2. The van der Waals surface area contributed by atoms with Crippen molar-refractivity contribution in [2.75, 3.05) is 12.3 Å². The molecule has 3 N–H and O–H groups in total. The van der Waals surface area contributed by atoms with Gasteiger partial charge in [-0.15, -0.1) is 11.3 Å². The number of nitrogens with zero attached hydrogens (tertiary/aromatic N) is 2. The summed E-state index contributed by atoms with van der Waals surface area (Å²) in [6.07, 6.45) is 0.0762. The van der Waals surface area contributed by atoms with Gasteiger partial charge < -0.3 is 15.7 Å². The number of anilines is 1. The van der Waals surface area contributed by atoms with E-state index in [4.69, 9.17) is 10.8 Å². The molecule has 0 radical (unpaired) electrons. The van der Waals surface area contributed by atoms with E-state index in [-0.39, 0.29) is 25.3 Å². The highest BCUT2D eigenvalue weighted by molar-refractivity contribution is 7.13. The van der Waals surface area contributed by atoms with E-state index in [0.717, 1.165) is 0 Å². The summed E-state index contributed by atoms with van der Waals surface area (Å²) in [5.74, 6) is -1.06. The molecule has 0 aliphatic rings. The van der Waals surface area contributed by atoms with E-state index < -0.39 is 11.5 Å². The standard InChI is InChI=1S/C12H19N3O3S/c1-12(2,3)15(5-4-10(17)18)9(16)6-8-7-19-11(13)14-8/h7H,4-6H2,1-3H3,(H2,13,14)(H,17,18). The molecule has 0 bridgehead atoms. The lowest BCUT2D eigenvalue weighted by atomic mass is 10.0. The van der Waals surface area contributed by atoms with Crippen LogP contribution < -0.4 is 5.73 Å². The number of thiazole rings is 1. The molecule has 19 heavy (non-hydrogen) atoms. The first-order chi connectivity index (χ1) is 8.70. The van der Waals surface area contributed by atoms with Crippen LogP contribution in [0.5, 0.6) is 0 Å². The van der Waals surface area contributed by atoms with Gasteiger partial charge in [-0.2, -0.15) is 0 Å². The highest BCUT2D eigenvalue weighted by atomic mass is 32.1. The quantitative estimate of drug-likeness (QED) is 0.851. The molecule has 0 fully saturated rings. The van der Waals surface area contributed by atoms with E-state index in [2.05, 4.69) is 4.98 Å². The smallest absolute Gasteiger partial charge is 0.305 e. The fourth-order valence-corrected chi connectivity index (χ4v) is 2.26. The van der Waals surface area contributed by atoms with Gasteiger partial charge in [0, 0.05) is 17.5 Å². The summed E-state index contributed by atoms with van der Waals surface area (Å²) in [4.78, 5) is 28.5. The van der Waals surface area contributed by atoms with Crippen LogP contribution in [-0.2, 0) is 16.0 Å². The fourth-order valence-electron chi connectivity index (χ4n) is 1.70. The maximum Gasteiger partial charge on any atom is 0.305 e. The lowest BCUT2D eigenvalue weighted by Crippen LogP contribution is -2.47. The Labute approximate surface area is 116 Å². The number of nitrogen functional groups attached to an aromatic ring is 1. The van der Waals surface area contributed by atoms with Crippen LogP contribution >= 0.6 is 11.3 Å². The van der Waals surface area contributed by atoms with Gasteiger partial charge in [0.05, 0.1) is 18.5 Å². The summed E-state index contributed by atoms with van der Waals surface area (Å²) in [6, 6.07) is 0. The van der Waals surface area contributed by atoms with Crippen LogP contribution in [0.15, 0.2) is 5.38 Å². The SMILES string of the molecule is CC(C)(C)N(CCC(=O)O)C(=O)Cc1csc(N)n1. The van der Waals surface area contributed by atoms with Crippen LogP contribution in [0.25, 0.3) is 0 Å². The molecular weight excluding hydrogens is 266 g/mol. The Bertz CT molecular complexity index is 465. The van der Waals surface area contributed by atoms with Crippen molar-refractivity contribution in [2.45, 2.75) is 39.2 Å². The number of carboxylic acid groups (broad SMARTS) is 1. The second kappa shape index (κ2) is 6.01. The molecular formula is C12H19N3O3S. The number of carbonyl (C=O) groups is 2. The van der Waals surface area contributed by atoms with Crippen molar-refractivity contribution in [3.05, 3.63) is 11.1 Å². The van der Waals surface area contributed by atoms with Crippen molar-refractivity contribution >= 4 is 28.3 Å². The maximum atomic E-state index is 12.2. The average Bonchev–Trinajstić information content (AvgIpc) is 2.61. The zero-order valence-corrected chi connectivity index (χ0v) is 12.2. The molecule has 0 unspecified atom stereocenters. The molecule has 0 atom stereocenters. The van der Waals surface area contributed by atoms with Gasteiger partial charge in [-0.3, -0.25) is 9.59 Å². The zero-order valence-electron chi connectivity index (χ0n) is 11.3. The van der Waals surface area contributed by atoms with Gasteiger partial charge in [0.25, 0.3) is 0 Å². The third-order valence-corrected chi connectivity index (χ3v) is 3.28. The van der Waals surface area contributed by atoms with Crippen LogP contribution in [0.3, 0.4) is 0 Å². The number of hydrogen-bond acceptors (Lipinski definition) is 5. The Kier molecular flexibility index (Phi) is 4.88. The lowest BCUT2D eigenvalue weighted by Gasteiger charge is -2.35. The first-order valence-electron chi connectivity index (χ1n) is 5.92. The molecule has 0 saturated heterocycles. The van der Waals surface area contributed by atoms with Crippen LogP contribution in [0.2, 0.25) is 0 Å². The van der Waals surface area contributed by atoms with Crippen molar-refractivity contribution in [2.24, 2.45) is 0 Å². The first kappa shape index (κ1) is 15.4. The molecule has 1 aromatic heterocycles. The molecule has 0 aliphatic carbocycles. The highest BCUT2D eigenvalue weighted by Gasteiger charge is 2.27. The number of hydrogen-bond donors (Lipinski definition) is 2. The summed E-state index contributed by atoms with van der Waals surface area (Å²) in [7, 11) is 0. The van der Waals surface area contributed by atoms with Crippen molar-refractivity contribution in [3.8, 4) is 0 Å². The molecule has 6 nitrogen and oxygen atoms in total. The number of amides is 1. The number of carbonyl (C=O) groups excluding carboxylic acids is 1. The molecule has 1 amide bonds. The lowest BCUT2D eigenvalue weighted by molar-refractivity contribution is -0.140. The van der Waals surface area contributed by atoms with Gasteiger partial charge in [-0.25, -0.2) is 4.98 Å². The summed E-state index contributed by atoms with van der Waals surface area (Å²) in [5.41, 5.74) is 5.72. The Hall–Kier alpha value is -1.63. The van der Waals surface area contributed by atoms with Gasteiger partial charge in [0.1, 0.15) is 0 Å². The third-order valence-electron chi connectivity index (χ3n) is 2.56. The van der Waals surface area contributed by atoms with Crippen LogP contribution in [0.1, 0.15) is 32.9 Å². The van der Waals surface area contributed by atoms with Crippen LogP contribution in [-0.4, -0.2) is 39.0 Å². The van der Waals surface area contributed by atoms with Gasteiger partial charge in [0.15, 0.2) is 5.13 Å². The summed E-state index contributed by atoms with van der Waals surface area (Å²) < 4.78 is 0. The van der Waals surface area contributed by atoms with E-state index in [0.29, 0.717) is 10.8 Å². The number of rotatable bonds is 5. The topological polar surface area (TPSA) is 96.5 Å². The largest absolute Gasteiger partial charge is 0.481 e. The molecule has 1 rings (SSSR count). The third kappa shape index (κ3) is 4.86. The molecule has 0 saturated carbocycles. The average molecular weight is 285 g/mol. The molecule has 1 heterocycles. The van der Waals surface area contributed by atoms with Gasteiger partial charge in [-0.1, -0.05) is 0 Å². The first-order valence-corrected chi connectivity index (χ1v) is 6.80. The van der Waals surface area contributed by atoms with Gasteiger partial charge in [-0.05, 0) is 20.8 Å². The normalized spacial score (nSPS) is 11.3. The number of aromatic nitrogens is 1. The fraction of sp³-hybridized carbons (Fsp3) is 0.583. The minimum Gasteiger partial charge on any atom is -0.481 e. The molecule has 106 valence electrons. The molecule has 7 heteroatoms. The monoisotopic (exact) mass is 285 g/mol.